The standard InChI is InChI=1S/C23H22N4O2S/c1-26(2)20-19-21(24-22(30-19)16-11-12-16)27(23(28)25-20)17-9-6-10-18(13-17)29-14-15-7-4-3-5-8-15/h3-10,13,16H,11-12,14H2,1-2H3. The van der Waals surface area contributed by atoms with Crippen LogP contribution in [0.4, 0.5) is 5.82 Å². The quantitative estimate of drug-likeness (QED) is 0.465. The molecule has 6 nitrogen and oxygen atoms in total. The first kappa shape index (κ1) is 18.8. The van der Waals surface area contributed by atoms with Crippen molar-refractivity contribution in [3.8, 4) is 11.4 Å². The molecule has 152 valence electrons. The number of benzene rings is 2. The number of aromatic nitrogens is 3. The van der Waals surface area contributed by atoms with E-state index in [1.54, 1.807) is 15.9 Å². The average molecular weight is 419 g/mol. The molecular formula is C23H22N4O2S. The summed E-state index contributed by atoms with van der Waals surface area (Å²) in [5.74, 6) is 1.89. The molecule has 2 aromatic carbocycles. The van der Waals surface area contributed by atoms with Crippen LogP contribution >= 0.6 is 11.3 Å². The molecule has 2 aromatic heterocycles. The monoisotopic (exact) mass is 418 g/mol. The second-order valence-corrected chi connectivity index (χ2v) is 8.73. The zero-order valence-corrected chi connectivity index (χ0v) is 17.7. The minimum Gasteiger partial charge on any atom is -0.489 e. The molecule has 2 heterocycles. The fraction of sp³-hybridized carbons (Fsp3) is 0.261. The van der Waals surface area contributed by atoms with Crippen molar-refractivity contribution in [2.45, 2.75) is 25.4 Å². The molecule has 1 fully saturated rings. The maximum absolute atomic E-state index is 13.0. The number of anilines is 1. The topological polar surface area (TPSA) is 60.2 Å². The van der Waals surface area contributed by atoms with E-state index in [4.69, 9.17) is 9.72 Å². The van der Waals surface area contributed by atoms with Crippen LogP contribution in [0.3, 0.4) is 0 Å². The molecule has 1 saturated carbocycles. The highest BCUT2D eigenvalue weighted by molar-refractivity contribution is 7.19. The number of rotatable bonds is 6. The Morgan fingerprint density at radius 2 is 1.90 bits per heavy atom. The lowest BCUT2D eigenvalue weighted by atomic mass is 10.2. The average Bonchev–Trinajstić information content (AvgIpc) is 3.51. The van der Waals surface area contributed by atoms with Gasteiger partial charge in [0.25, 0.3) is 0 Å². The van der Waals surface area contributed by atoms with E-state index < -0.39 is 0 Å². The van der Waals surface area contributed by atoms with Gasteiger partial charge in [-0.2, -0.15) is 4.98 Å². The van der Waals surface area contributed by atoms with E-state index in [1.807, 2.05) is 73.6 Å². The number of fused-ring (bicyclic) bond motifs is 1. The van der Waals surface area contributed by atoms with Crippen molar-refractivity contribution < 1.29 is 4.74 Å². The fourth-order valence-electron chi connectivity index (χ4n) is 3.40. The minimum absolute atomic E-state index is 0.334. The van der Waals surface area contributed by atoms with E-state index >= 15 is 0 Å². The Balaban J connectivity index is 1.56. The molecular weight excluding hydrogens is 396 g/mol. The Kier molecular flexibility index (Phi) is 4.75. The van der Waals surface area contributed by atoms with E-state index in [2.05, 4.69) is 4.98 Å². The van der Waals surface area contributed by atoms with Crippen LogP contribution in [-0.2, 0) is 6.61 Å². The SMILES string of the molecule is CN(C)c1nc(=O)n(-c2cccc(OCc3ccccc3)c2)c2nc(C3CC3)sc12. The van der Waals surface area contributed by atoms with Crippen molar-refractivity contribution in [2.24, 2.45) is 0 Å². The molecule has 0 unspecified atom stereocenters. The molecule has 0 spiro atoms. The van der Waals surface area contributed by atoms with Crippen LogP contribution in [0, 0.1) is 0 Å². The maximum atomic E-state index is 13.0. The highest BCUT2D eigenvalue weighted by Crippen LogP contribution is 2.44. The lowest BCUT2D eigenvalue weighted by molar-refractivity contribution is 0.306. The van der Waals surface area contributed by atoms with Gasteiger partial charge in [0.1, 0.15) is 17.1 Å². The van der Waals surface area contributed by atoms with Crippen LogP contribution in [0.2, 0.25) is 0 Å². The minimum atomic E-state index is -0.334. The van der Waals surface area contributed by atoms with Crippen LogP contribution < -0.4 is 15.3 Å². The Morgan fingerprint density at radius 1 is 1.10 bits per heavy atom. The third-order valence-corrected chi connectivity index (χ3v) is 6.31. The molecule has 0 amide bonds. The van der Waals surface area contributed by atoms with E-state index in [1.165, 1.54) is 0 Å². The van der Waals surface area contributed by atoms with Crippen molar-refractivity contribution in [1.82, 2.24) is 14.5 Å². The molecule has 0 bridgehead atoms. The summed E-state index contributed by atoms with van der Waals surface area (Å²) in [7, 11) is 3.81. The zero-order valence-electron chi connectivity index (χ0n) is 16.9. The summed E-state index contributed by atoms with van der Waals surface area (Å²) in [5, 5.41) is 1.09. The van der Waals surface area contributed by atoms with E-state index in [9.17, 15) is 4.79 Å². The summed E-state index contributed by atoms with van der Waals surface area (Å²) in [6, 6.07) is 17.6. The van der Waals surface area contributed by atoms with Crippen LogP contribution in [0.25, 0.3) is 16.0 Å². The van der Waals surface area contributed by atoms with Crippen molar-refractivity contribution in [3.63, 3.8) is 0 Å². The van der Waals surface area contributed by atoms with Crippen LogP contribution in [0.15, 0.2) is 59.4 Å². The van der Waals surface area contributed by atoms with Crippen molar-refractivity contribution >= 4 is 27.5 Å². The normalized spacial score (nSPS) is 13.5. The largest absolute Gasteiger partial charge is 0.489 e. The summed E-state index contributed by atoms with van der Waals surface area (Å²) < 4.78 is 8.50. The van der Waals surface area contributed by atoms with Gasteiger partial charge in [-0.25, -0.2) is 14.3 Å². The molecule has 0 radical (unpaired) electrons. The van der Waals surface area contributed by atoms with Crippen molar-refractivity contribution in [3.05, 3.63) is 75.7 Å². The number of ether oxygens (including phenoxy) is 1. The van der Waals surface area contributed by atoms with Crippen molar-refractivity contribution in [1.29, 1.82) is 0 Å². The Hall–Kier alpha value is -3.19. The van der Waals surface area contributed by atoms with Gasteiger partial charge in [0.05, 0.1) is 10.7 Å². The third-order valence-electron chi connectivity index (χ3n) is 5.11. The summed E-state index contributed by atoms with van der Waals surface area (Å²) in [4.78, 5) is 24.1. The predicted octanol–water partition coefficient (Wildman–Crippen LogP) is 4.36. The second-order valence-electron chi connectivity index (χ2n) is 7.70. The van der Waals surface area contributed by atoms with Gasteiger partial charge in [0, 0.05) is 26.1 Å². The maximum Gasteiger partial charge on any atom is 0.355 e. The summed E-state index contributed by atoms with van der Waals surface area (Å²) in [6.45, 7) is 0.467. The van der Waals surface area contributed by atoms with Gasteiger partial charge in [-0.15, -0.1) is 11.3 Å². The van der Waals surface area contributed by atoms with Gasteiger partial charge in [0.2, 0.25) is 0 Å². The highest BCUT2D eigenvalue weighted by atomic mass is 32.1. The lowest BCUT2D eigenvalue weighted by Crippen LogP contribution is -2.25. The zero-order chi connectivity index (χ0) is 20.7. The predicted molar refractivity (Wildman–Crippen MR) is 120 cm³/mol. The van der Waals surface area contributed by atoms with Gasteiger partial charge >= 0.3 is 5.69 Å². The molecule has 1 aliphatic rings. The lowest BCUT2D eigenvalue weighted by Gasteiger charge is -2.14. The van der Waals surface area contributed by atoms with Crippen LogP contribution in [-0.4, -0.2) is 28.6 Å². The van der Waals surface area contributed by atoms with Gasteiger partial charge in [-0.05, 0) is 30.5 Å². The number of hydrogen-bond donors (Lipinski definition) is 0. The number of thiazole rings is 1. The summed E-state index contributed by atoms with van der Waals surface area (Å²) in [6.07, 6.45) is 2.33. The Morgan fingerprint density at radius 3 is 2.63 bits per heavy atom. The molecule has 0 N–H and O–H groups in total. The molecule has 4 aromatic rings. The first-order valence-electron chi connectivity index (χ1n) is 9.98. The highest BCUT2D eigenvalue weighted by Gasteiger charge is 2.29. The molecule has 7 heteroatoms. The third kappa shape index (κ3) is 3.57. The first-order chi connectivity index (χ1) is 14.6. The summed E-state index contributed by atoms with van der Waals surface area (Å²) in [5.41, 5.74) is 2.14. The molecule has 0 saturated heterocycles. The van der Waals surface area contributed by atoms with Crippen molar-refractivity contribution in [2.75, 3.05) is 19.0 Å². The smallest absolute Gasteiger partial charge is 0.355 e. The van der Waals surface area contributed by atoms with E-state index in [0.29, 0.717) is 35.4 Å². The van der Waals surface area contributed by atoms with Crippen LogP contribution in [0.1, 0.15) is 29.3 Å². The first-order valence-corrected chi connectivity index (χ1v) is 10.8. The van der Waals surface area contributed by atoms with Crippen LogP contribution in [0.5, 0.6) is 5.75 Å². The molecule has 0 atom stereocenters. The Labute approximate surface area is 178 Å². The fourth-order valence-corrected chi connectivity index (χ4v) is 4.69. The second kappa shape index (κ2) is 7.57. The van der Waals surface area contributed by atoms with Gasteiger partial charge in [0.15, 0.2) is 11.5 Å². The van der Waals surface area contributed by atoms with E-state index in [0.717, 1.165) is 28.1 Å². The molecule has 5 rings (SSSR count). The Bertz CT molecular complexity index is 1260. The molecule has 30 heavy (non-hydrogen) atoms. The molecule has 0 aliphatic heterocycles. The van der Waals surface area contributed by atoms with Gasteiger partial charge in [-0.3, -0.25) is 0 Å². The molecule has 1 aliphatic carbocycles. The van der Waals surface area contributed by atoms with Gasteiger partial charge in [-0.1, -0.05) is 36.4 Å². The van der Waals surface area contributed by atoms with E-state index in [-0.39, 0.29) is 5.69 Å². The number of nitrogens with zero attached hydrogens (tertiary/aromatic N) is 4. The number of hydrogen-bond acceptors (Lipinski definition) is 6. The van der Waals surface area contributed by atoms with Gasteiger partial charge < -0.3 is 9.64 Å². The summed E-state index contributed by atoms with van der Waals surface area (Å²) >= 11 is 1.65.